The lowest BCUT2D eigenvalue weighted by Crippen LogP contribution is -2.17. The lowest BCUT2D eigenvalue weighted by Gasteiger charge is -2.02. The number of amides is 1. The first-order chi connectivity index (χ1) is 11.3. The minimum atomic E-state index is -0.287. The van der Waals surface area contributed by atoms with E-state index >= 15 is 0 Å². The van der Waals surface area contributed by atoms with E-state index in [1.54, 1.807) is 31.4 Å². The molecule has 5 nitrogen and oxygen atoms in total. The second-order valence-electron chi connectivity index (χ2n) is 4.86. The largest absolute Gasteiger partial charge is 0.497 e. The fourth-order valence-corrected chi connectivity index (χ4v) is 2.12. The van der Waals surface area contributed by atoms with E-state index in [1.807, 2.05) is 36.4 Å². The highest BCUT2D eigenvalue weighted by Crippen LogP contribution is 2.12. The van der Waals surface area contributed by atoms with Gasteiger partial charge in [0.25, 0.3) is 5.91 Å². The van der Waals surface area contributed by atoms with Gasteiger partial charge in [0.15, 0.2) is 0 Å². The van der Waals surface area contributed by atoms with Gasteiger partial charge in [0.2, 0.25) is 0 Å². The van der Waals surface area contributed by atoms with Gasteiger partial charge in [0.1, 0.15) is 5.75 Å². The summed E-state index contributed by atoms with van der Waals surface area (Å²) in [5.41, 5.74) is 4.56. The van der Waals surface area contributed by atoms with Crippen molar-refractivity contribution in [3.8, 4) is 5.75 Å². The van der Waals surface area contributed by atoms with E-state index in [2.05, 4.69) is 15.5 Å². The van der Waals surface area contributed by atoms with Crippen LogP contribution >= 0.6 is 0 Å². The molecule has 0 fully saturated rings. The Balaban J connectivity index is 1.68. The van der Waals surface area contributed by atoms with Crippen molar-refractivity contribution in [1.82, 2.24) is 10.4 Å². The molecule has 0 saturated heterocycles. The molecule has 1 N–H and O–H groups in total. The highest BCUT2D eigenvalue weighted by molar-refractivity contribution is 5.95. The van der Waals surface area contributed by atoms with E-state index in [1.165, 1.54) is 6.21 Å². The Morgan fingerprint density at radius 3 is 2.65 bits per heavy atom. The minimum Gasteiger partial charge on any atom is -0.497 e. The number of benzene rings is 2. The lowest BCUT2D eigenvalue weighted by molar-refractivity contribution is 0.0955. The second-order valence-corrected chi connectivity index (χ2v) is 4.86. The van der Waals surface area contributed by atoms with Gasteiger partial charge in [0, 0.05) is 10.9 Å². The molecule has 0 aliphatic rings. The number of pyridine rings is 1. The van der Waals surface area contributed by atoms with Crippen LogP contribution in [0, 0.1) is 0 Å². The Morgan fingerprint density at radius 1 is 1.09 bits per heavy atom. The van der Waals surface area contributed by atoms with E-state index in [9.17, 15) is 4.79 Å². The van der Waals surface area contributed by atoms with Crippen molar-refractivity contribution in [2.75, 3.05) is 7.11 Å². The van der Waals surface area contributed by atoms with E-state index in [0.29, 0.717) is 17.0 Å². The first-order valence-electron chi connectivity index (χ1n) is 7.09. The molecule has 0 unspecified atom stereocenters. The van der Waals surface area contributed by atoms with Gasteiger partial charge in [-0.15, -0.1) is 0 Å². The minimum absolute atomic E-state index is 0.287. The number of carbonyl (C=O) groups is 1. The molecule has 2 aromatic carbocycles. The van der Waals surface area contributed by atoms with Crippen molar-refractivity contribution in [1.29, 1.82) is 0 Å². The Kier molecular flexibility index (Phi) is 4.29. The van der Waals surface area contributed by atoms with E-state index in [0.717, 1.165) is 10.9 Å². The maximum atomic E-state index is 12.0. The molecular weight excluding hydrogens is 290 g/mol. The fourth-order valence-electron chi connectivity index (χ4n) is 2.12. The van der Waals surface area contributed by atoms with Crippen LogP contribution in [0.3, 0.4) is 0 Å². The summed E-state index contributed by atoms with van der Waals surface area (Å²) >= 11 is 0. The summed E-state index contributed by atoms with van der Waals surface area (Å²) in [7, 11) is 1.58. The third-order valence-corrected chi connectivity index (χ3v) is 3.34. The van der Waals surface area contributed by atoms with E-state index in [4.69, 9.17) is 4.74 Å². The summed E-state index contributed by atoms with van der Waals surface area (Å²) in [4.78, 5) is 16.4. The molecule has 0 aliphatic heterocycles. The standard InChI is InChI=1S/C18H15N3O2/c1-23-16-10-7-14(8-11-16)18(22)21-19-12-15-9-6-13-4-2-3-5-17(13)20-15/h2-12H,1H3,(H,21,22). The highest BCUT2D eigenvalue weighted by Gasteiger charge is 2.03. The van der Waals surface area contributed by atoms with Crippen molar-refractivity contribution in [3.05, 3.63) is 71.9 Å². The molecule has 23 heavy (non-hydrogen) atoms. The number of hydrazone groups is 1. The molecule has 0 aliphatic carbocycles. The molecule has 5 heteroatoms. The number of aromatic nitrogens is 1. The predicted octanol–water partition coefficient (Wildman–Crippen LogP) is 3.01. The van der Waals surface area contributed by atoms with Crippen LogP contribution in [0.25, 0.3) is 10.9 Å². The molecule has 0 bridgehead atoms. The molecule has 3 rings (SSSR count). The number of hydrogen-bond acceptors (Lipinski definition) is 4. The smallest absolute Gasteiger partial charge is 0.271 e. The third-order valence-electron chi connectivity index (χ3n) is 3.34. The predicted molar refractivity (Wildman–Crippen MR) is 89.8 cm³/mol. The van der Waals surface area contributed by atoms with Gasteiger partial charge < -0.3 is 4.74 Å². The maximum absolute atomic E-state index is 12.0. The fraction of sp³-hybridized carbons (Fsp3) is 0.0556. The van der Waals surface area contributed by atoms with Gasteiger partial charge >= 0.3 is 0 Å². The molecule has 3 aromatic rings. The quantitative estimate of drug-likeness (QED) is 0.595. The van der Waals surface area contributed by atoms with Gasteiger partial charge in [0.05, 0.1) is 24.5 Å². The average Bonchev–Trinajstić information content (AvgIpc) is 2.61. The number of rotatable bonds is 4. The van der Waals surface area contributed by atoms with Crippen LogP contribution in [0.1, 0.15) is 16.1 Å². The normalized spacial score (nSPS) is 10.8. The third kappa shape index (κ3) is 3.52. The van der Waals surface area contributed by atoms with Crippen LogP contribution < -0.4 is 10.2 Å². The van der Waals surface area contributed by atoms with Crippen molar-refractivity contribution in [3.63, 3.8) is 0 Å². The Bertz CT molecular complexity index is 858. The molecule has 0 radical (unpaired) electrons. The Labute approximate surface area is 133 Å². The van der Waals surface area contributed by atoms with Crippen LogP contribution in [0.4, 0.5) is 0 Å². The summed E-state index contributed by atoms with van der Waals surface area (Å²) in [6.45, 7) is 0. The van der Waals surface area contributed by atoms with Crippen LogP contribution in [-0.2, 0) is 0 Å². The molecule has 114 valence electrons. The van der Waals surface area contributed by atoms with Crippen molar-refractivity contribution in [2.24, 2.45) is 5.10 Å². The number of nitrogens with zero attached hydrogens (tertiary/aromatic N) is 2. The number of fused-ring (bicyclic) bond motifs is 1. The number of methoxy groups -OCH3 is 1. The van der Waals surface area contributed by atoms with Gasteiger partial charge in [-0.1, -0.05) is 24.3 Å². The Morgan fingerprint density at radius 2 is 1.87 bits per heavy atom. The second kappa shape index (κ2) is 6.70. The molecule has 0 saturated carbocycles. The molecular formula is C18H15N3O2. The summed E-state index contributed by atoms with van der Waals surface area (Å²) in [6.07, 6.45) is 1.52. The van der Waals surface area contributed by atoms with Crippen molar-refractivity contribution < 1.29 is 9.53 Å². The van der Waals surface area contributed by atoms with Crippen molar-refractivity contribution >= 4 is 23.0 Å². The maximum Gasteiger partial charge on any atom is 0.271 e. The Hall–Kier alpha value is -3.21. The zero-order valence-electron chi connectivity index (χ0n) is 12.6. The molecule has 0 spiro atoms. The zero-order valence-corrected chi connectivity index (χ0v) is 12.6. The number of carbonyl (C=O) groups excluding carboxylic acids is 1. The van der Waals surface area contributed by atoms with Crippen LogP contribution in [-0.4, -0.2) is 24.2 Å². The molecule has 0 atom stereocenters. The van der Waals surface area contributed by atoms with Gasteiger partial charge in [-0.2, -0.15) is 5.10 Å². The summed E-state index contributed by atoms with van der Waals surface area (Å²) in [6, 6.07) is 18.5. The number of ether oxygens (including phenoxy) is 1. The lowest BCUT2D eigenvalue weighted by atomic mass is 10.2. The molecule has 1 amide bonds. The number of nitrogens with one attached hydrogen (secondary N) is 1. The highest BCUT2D eigenvalue weighted by atomic mass is 16.5. The van der Waals surface area contributed by atoms with Crippen LogP contribution in [0.2, 0.25) is 0 Å². The van der Waals surface area contributed by atoms with Crippen LogP contribution in [0.5, 0.6) is 5.75 Å². The summed E-state index contributed by atoms with van der Waals surface area (Å²) in [5, 5.41) is 5.01. The summed E-state index contributed by atoms with van der Waals surface area (Å²) in [5.74, 6) is 0.412. The molecule has 1 aromatic heterocycles. The number of hydrogen-bond donors (Lipinski definition) is 1. The van der Waals surface area contributed by atoms with Crippen molar-refractivity contribution in [2.45, 2.75) is 0 Å². The van der Waals surface area contributed by atoms with Gasteiger partial charge in [-0.3, -0.25) is 4.79 Å². The first kappa shape index (κ1) is 14.7. The molecule has 1 heterocycles. The van der Waals surface area contributed by atoms with Gasteiger partial charge in [-0.25, -0.2) is 10.4 Å². The first-order valence-corrected chi connectivity index (χ1v) is 7.09. The topological polar surface area (TPSA) is 63.6 Å². The SMILES string of the molecule is COc1ccc(C(=O)NN=Cc2ccc3ccccc3n2)cc1. The monoisotopic (exact) mass is 305 g/mol. The number of para-hydroxylation sites is 1. The van der Waals surface area contributed by atoms with Gasteiger partial charge in [-0.05, 0) is 36.4 Å². The summed E-state index contributed by atoms with van der Waals surface area (Å²) < 4.78 is 5.05. The van der Waals surface area contributed by atoms with E-state index < -0.39 is 0 Å². The zero-order chi connectivity index (χ0) is 16.1. The van der Waals surface area contributed by atoms with E-state index in [-0.39, 0.29) is 5.91 Å². The average molecular weight is 305 g/mol. The van der Waals surface area contributed by atoms with Crippen LogP contribution in [0.15, 0.2) is 65.8 Å².